The maximum absolute atomic E-state index is 11.0. The molecule has 1 N–H and O–H groups in total. The van der Waals surface area contributed by atoms with Crippen molar-refractivity contribution in [3.8, 4) is 11.5 Å². The molecule has 7 heteroatoms. The Hall–Kier alpha value is -0.460. The monoisotopic (exact) mass is 307 g/mol. The van der Waals surface area contributed by atoms with Gasteiger partial charge in [-0.3, -0.25) is 0 Å². The fourth-order valence-electron chi connectivity index (χ4n) is 1.91. The maximum atomic E-state index is 11.0. The van der Waals surface area contributed by atoms with Crippen LogP contribution in [0.15, 0.2) is 12.1 Å². The molecule has 1 aliphatic rings. The number of ether oxygens (including phenoxy) is 2. The Balaban J connectivity index is 0.00000200. The molecule has 1 saturated carbocycles. The molecule has 5 nitrogen and oxygen atoms in total. The molecule has 1 aliphatic carbocycles. The molecule has 1 fully saturated rings. The molecule has 1 aromatic carbocycles. The number of carbonyl (C=O) groups excluding carboxylic acids is 1. The normalized spacial score (nSPS) is 15.2. The van der Waals surface area contributed by atoms with Crippen molar-refractivity contribution in [2.24, 2.45) is 0 Å². The van der Waals surface area contributed by atoms with E-state index in [9.17, 15) is 9.90 Å². The van der Waals surface area contributed by atoms with Gasteiger partial charge in [0.15, 0.2) is 11.5 Å². The van der Waals surface area contributed by atoms with Gasteiger partial charge in [-0.05, 0) is 24.5 Å². The zero-order chi connectivity index (χ0) is 14.0. The van der Waals surface area contributed by atoms with Crippen molar-refractivity contribution < 1.29 is 48.9 Å². The standard InChI is InChI=1S/C13H16ClNO4.Na/c1-18-9-4-3-8(10(14)11(9)19-2)7-15-13(5-6-13)12(16)17;/h3-4,15H,5-7H2,1-2H3,(H,16,17);/q;+1/p-1. The molecule has 20 heavy (non-hydrogen) atoms. The Morgan fingerprint density at radius 2 is 2.05 bits per heavy atom. The number of halogens is 1. The first kappa shape index (κ1) is 17.6. The fraction of sp³-hybridized carbons (Fsp3) is 0.462. The summed E-state index contributed by atoms with van der Waals surface area (Å²) < 4.78 is 10.3. The van der Waals surface area contributed by atoms with Crippen molar-refractivity contribution in [2.75, 3.05) is 14.2 Å². The summed E-state index contributed by atoms with van der Waals surface area (Å²) in [5.74, 6) is -0.0804. The van der Waals surface area contributed by atoms with Gasteiger partial charge in [-0.25, -0.2) is 0 Å². The first-order valence-electron chi connectivity index (χ1n) is 5.90. The second-order valence-electron chi connectivity index (χ2n) is 4.50. The third kappa shape index (κ3) is 3.40. The third-order valence-electron chi connectivity index (χ3n) is 3.32. The minimum Gasteiger partial charge on any atom is -0.548 e. The number of hydrogen-bond acceptors (Lipinski definition) is 5. The van der Waals surface area contributed by atoms with Gasteiger partial charge >= 0.3 is 29.6 Å². The zero-order valence-electron chi connectivity index (χ0n) is 11.8. The van der Waals surface area contributed by atoms with E-state index in [0.29, 0.717) is 35.9 Å². The summed E-state index contributed by atoms with van der Waals surface area (Å²) in [5, 5.41) is 14.4. The number of nitrogens with one attached hydrogen (secondary N) is 1. The van der Waals surface area contributed by atoms with Crippen LogP contribution >= 0.6 is 11.6 Å². The van der Waals surface area contributed by atoms with E-state index in [1.165, 1.54) is 14.2 Å². The number of rotatable bonds is 6. The quantitative estimate of drug-likeness (QED) is 0.600. The van der Waals surface area contributed by atoms with Gasteiger partial charge in [0.1, 0.15) is 0 Å². The first-order valence-corrected chi connectivity index (χ1v) is 6.27. The number of carbonyl (C=O) groups is 1. The van der Waals surface area contributed by atoms with E-state index >= 15 is 0 Å². The number of carboxylic acid groups (broad SMARTS) is 1. The second kappa shape index (κ2) is 7.00. The third-order valence-corrected chi connectivity index (χ3v) is 3.74. The minimum absolute atomic E-state index is 0. The van der Waals surface area contributed by atoms with E-state index in [1.807, 2.05) is 0 Å². The van der Waals surface area contributed by atoms with Gasteiger partial charge in [0, 0.05) is 6.54 Å². The van der Waals surface area contributed by atoms with Crippen molar-refractivity contribution in [1.29, 1.82) is 0 Å². The maximum Gasteiger partial charge on any atom is 1.00 e. The molecular formula is C13H15ClNNaO4. The van der Waals surface area contributed by atoms with Gasteiger partial charge in [-0.1, -0.05) is 17.7 Å². The van der Waals surface area contributed by atoms with E-state index in [2.05, 4.69) is 5.32 Å². The van der Waals surface area contributed by atoms with Gasteiger partial charge in [-0.2, -0.15) is 0 Å². The van der Waals surface area contributed by atoms with Crippen LogP contribution < -0.4 is 49.5 Å². The van der Waals surface area contributed by atoms with Crippen molar-refractivity contribution in [2.45, 2.75) is 24.9 Å². The number of methoxy groups -OCH3 is 2. The van der Waals surface area contributed by atoms with Crippen LogP contribution in [-0.2, 0) is 11.3 Å². The van der Waals surface area contributed by atoms with Crippen LogP contribution in [0.1, 0.15) is 18.4 Å². The van der Waals surface area contributed by atoms with Crippen LogP contribution in [0.4, 0.5) is 0 Å². The summed E-state index contributed by atoms with van der Waals surface area (Å²) in [5.41, 5.74) is -0.136. The zero-order valence-corrected chi connectivity index (χ0v) is 14.5. The van der Waals surface area contributed by atoms with Crippen molar-refractivity contribution in [1.82, 2.24) is 5.32 Å². The van der Waals surface area contributed by atoms with Gasteiger partial charge < -0.3 is 24.7 Å². The van der Waals surface area contributed by atoms with Crippen molar-refractivity contribution in [3.63, 3.8) is 0 Å². The average Bonchev–Trinajstić information content (AvgIpc) is 3.18. The van der Waals surface area contributed by atoms with E-state index < -0.39 is 11.5 Å². The summed E-state index contributed by atoms with van der Waals surface area (Å²) in [6.07, 6.45) is 1.17. The minimum atomic E-state index is -1.07. The van der Waals surface area contributed by atoms with Gasteiger partial charge in [-0.15, -0.1) is 0 Å². The van der Waals surface area contributed by atoms with Crippen LogP contribution in [0.25, 0.3) is 0 Å². The molecule has 0 atom stereocenters. The molecule has 0 heterocycles. The molecule has 0 aromatic heterocycles. The number of carboxylic acids is 1. The predicted octanol–water partition coefficient (Wildman–Crippen LogP) is -2.27. The second-order valence-corrected chi connectivity index (χ2v) is 4.88. The molecule has 1 aromatic rings. The van der Waals surface area contributed by atoms with Gasteiger partial charge in [0.2, 0.25) is 0 Å². The Kier molecular flexibility index (Phi) is 6.16. The average molecular weight is 308 g/mol. The molecule has 0 radical (unpaired) electrons. The van der Waals surface area contributed by atoms with Crippen LogP contribution in [0.5, 0.6) is 11.5 Å². The Morgan fingerprint density at radius 3 is 2.50 bits per heavy atom. The summed E-state index contributed by atoms with van der Waals surface area (Å²) in [6.45, 7) is 0.340. The van der Waals surface area contributed by atoms with Crippen LogP contribution in [0, 0.1) is 0 Å². The summed E-state index contributed by atoms with van der Waals surface area (Å²) in [4.78, 5) is 11.0. The Labute approximate surface area is 144 Å². The van der Waals surface area contributed by atoms with Gasteiger partial charge in [0.25, 0.3) is 0 Å². The molecule has 0 bridgehead atoms. The molecule has 104 valence electrons. The molecule has 0 saturated heterocycles. The number of benzene rings is 1. The number of hydrogen-bond donors (Lipinski definition) is 1. The van der Waals surface area contributed by atoms with Crippen LogP contribution in [-0.4, -0.2) is 25.7 Å². The first-order chi connectivity index (χ1) is 9.04. The molecule has 0 amide bonds. The molecule has 0 aliphatic heterocycles. The predicted molar refractivity (Wildman–Crippen MR) is 68.4 cm³/mol. The van der Waals surface area contributed by atoms with Crippen LogP contribution in [0.3, 0.4) is 0 Å². The van der Waals surface area contributed by atoms with E-state index in [1.54, 1.807) is 12.1 Å². The van der Waals surface area contributed by atoms with Crippen LogP contribution in [0.2, 0.25) is 5.02 Å². The number of aliphatic carboxylic acids is 1. The Bertz CT molecular complexity index is 505. The van der Waals surface area contributed by atoms with E-state index in [-0.39, 0.29) is 29.6 Å². The summed E-state index contributed by atoms with van der Waals surface area (Å²) >= 11 is 6.21. The molecule has 0 unspecified atom stereocenters. The summed E-state index contributed by atoms with van der Waals surface area (Å²) in [7, 11) is 3.03. The smallest absolute Gasteiger partial charge is 0.548 e. The van der Waals surface area contributed by atoms with Gasteiger partial charge in [0.05, 0.1) is 30.8 Å². The van der Waals surface area contributed by atoms with E-state index in [0.717, 1.165) is 5.56 Å². The fourth-order valence-corrected chi connectivity index (χ4v) is 2.21. The Morgan fingerprint density at radius 1 is 1.40 bits per heavy atom. The molecule has 2 rings (SSSR count). The molecule has 0 spiro atoms. The summed E-state index contributed by atoms with van der Waals surface area (Å²) in [6, 6.07) is 3.52. The SMILES string of the molecule is COc1ccc(CNC2(C(=O)[O-])CC2)c(Cl)c1OC.[Na+]. The topological polar surface area (TPSA) is 70.6 Å². The van der Waals surface area contributed by atoms with Crippen molar-refractivity contribution in [3.05, 3.63) is 22.7 Å². The van der Waals surface area contributed by atoms with Crippen molar-refractivity contribution >= 4 is 17.6 Å². The largest absolute Gasteiger partial charge is 1.00 e. The molecular weight excluding hydrogens is 293 g/mol. The van der Waals surface area contributed by atoms with E-state index in [4.69, 9.17) is 21.1 Å².